The van der Waals surface area contributed by atoms with Crippen LogP contribution in [0.25, 0.3) is 0 Å². The average Bonchev–Trinajstić information content (AvgIpc) is 3.19. The summed E-state index contributed by atoms with van der Waals surface area (Å²) < 4.78 is 5.91. The number of unbranched alkanes of at least 4 members (excludes halogenated alkanes) is 29. The second kappa shape index (κ2) is 44.4. The van der Waals surface area contributed by atoms with Gasteiger partial charge in [0.05, 0.1) is 25.2 Å². The Balaban J connectivity index is 4.52. The van der Waals surface area contributed by atoms with Gasteiger partial charge in [0.1, 0.15) is 6.10 Å². The topological polar surface area (TPSA) is 95.9 Å². The van der Waals surface area contributed by atoms with Gasteiger partial charge in [0.2, 0.25) is 5.91 Å². The highest BCUT2D eigenvalue weighted by molar-refractivity contribution is 5.77. The zero-order valence-corrected chi connectivity index (χ0v) is 37.5. The first-order chi connectivity index (χ1) is 27.5. The monoisotopic (exact) mass is 790 g/mol. The van der Waals surface area contributed by atoms with Crippen molar-refractivity contribution in [2.45, 2.75) is 277 Å². The van der Waals surface area contributed by atoms with Crippen LogP contribution in [0.1, 0.15) is 258 Å². The van der Waals surface area contributed by atoms with Gasteiger partial charge in [-0.25, -0.2) is 0 Å². The van der Waals surface area contributed by atoms with Crippen molar-refractivity contribution in [2.75, 3.05) is 6.61 Å². The van der Waals surface area contributed by atoms with E-state index in [9.17, 15) is 19.8 Å². The van der Waals surface area contributed by atoms with Crippen LogP contribution < -0.4 is 5.32 Å². The number of amides is 1. The molecule has 1 amide bonds. The van der Waals surface area contributed by atoms with Crippen molar-refractivity contribution in [3.8, 4) is 0 Å². The molecule has 0 bridgehead atoms. The molecule has 6 heteroatoms. The highest BCUT2D eigenvalue weighted by atomic mass is 16.5. The number of hydrogen-bond donors (Lipinski definition) is 3. The number of esters is 1. The van der Waals surface area contributed by atoms with Crippen LogP contribution in [0, 0.1) is 0 Å². The molecule has 0 rings (SSSR count). The van der Waals surface area contributed by atoms with Gasteiger partial charge in [-0.2, -0.15) is 0 Å². The van der Waals surface area contributed by atoms with Gasteiger partial charge in [0.15, 0.2) is 0 Å². The quantitative estimate of drug-likeness (QED) is 0.0324. The van der Waals surface area contributed by atoms with Crippen LogP contribution in [-0.2, 0) is 14.3 Å². The normalized spacial score (nSPS) is 13.4. The zero-order valence-electron chi connectivity index (χ0n) is 37.5. The van der Waals surface area contributed by atoms with Crippen molar-refractivity contribution in [1.29, 1.82) is 0 Å². The van der Waals surface area contributed by atoms with Crippen LogP contribution >= 0.6 is 0 Å². The summed E-state index contributed by atoms with van der Waals surface area (Å²) >= 11 is 0. The zero-order chi connectivity index (χ0) is 41.0. The predicted molar refractivity (Wildman–Crippen MR) is 241 cm³/mol. The lowest BCUT2D eigenvalue weighted by atomic mass is 10.0. The fraction of sp³-hybridized carbons (Fsp3) is 0.880. The predicted octanol–water partition coefficient (Wildman–Crippen LogP) is 14.3. The molecule has 0 aromatic rings. The van der Waals surface area contributed by atoms with E-state index < -0.39 is 18.2 Å². The Labute approximate surface area is 348 Å². The van der Waals surface area contributed by atoms with E-state index in [1.165, 1.54) is 161 Å². The third-order valence-corrected chi connectivity index (χ3v) is 11.3. The van der Waals surface area contributed by atoms with Gasteiger partial charge in [0.25, 0.3) is 0 Å². The molecule has 330 valence electrons. The fourth-order valence-corrected chi connectivity index (χ4v) is 7.54. The van der Waals surface area contributed by atoms with Gasteiger partial charge in [-0.15, -0.1) is 0 Å². The Morgan fingerprint density at radius 3 is 1.36 bits per heavy atom. The Hall–Kier alpha value is -1.66. The summed E-state index contributed by atoms with van der Waals surface area (Å²) in [6.07, 6.45) is 49.4. The number of allylic oxidation sites excluding steroid dienone is 4. The molecule has 56 heavy (non-hydrogen) atoms. The van der Waals surface area contributed by atoms with E-state index in [-0.39, 0.29) is 24.9 Å². The van der Waals surface area contributed by atoms with Gasteiger partial charge in [0, 0.05) is 6.42 Å². The third-order valence-electron chi connectivity index (χ3n) is 11.3. The molecule has 3 atom stereocenters. The first-order valence-electron chi connectivity index (χ1n) is 24.6. The van der Waals surface area contributed by atoms with E-state index in [1.807, 2.05) is 0 Å². The Morgan fingerprint density at radius 1 is 0.518 bits per heavy atom. The minimum atomic E-state index is -0.784. The smallest absolute Gasteiger partial charge is 0.306 e. The number of hydrogen-bond acceptors (Lipinski definition) is 5. The summed E-state index contributed by atoms with van der Waals surface area (Å²) in [5.74, 6) is -0.478. The molecule has 0 spiro atoms. The number of aliphatic hydroxyl groups excluding tert-OH is 2. The van der Waals surface area contributed by atoms with Gasteiger partial charge >= 0.3 is 5.97 Å². The molecule has 3 unspecified atom stereocenters. The van der Waals surface area contributed by atoms with Crippen molar-refractivity contribution in [2.24, 2.45) is 0 Å². The molecule has 0 aliphatic heterocycles. The van der Waals surface area contributed by atoms with Crippen LogP contribution in [-0.4, -0.2) is 46.9 Å². The second-order valence-corrected chi connectivity index (χ2v) is 16.9. The molecule has 0 aliphatic carbocycles. The number of carbonyl (C=O) groups is 2. The molecule has 0 saturated carbocycles. The minimum absolute atomic E-state index is 0.0775. The lowest BCUT2D eigenvalue weighted by Gasteiger charge is -2.24. The summed E-state index contributed by atoms with van der Waals surface area (Å²) in [5.41, 5.74) is 0. The highest BCUT2D eigenvalue weighted by Crippen LogP contribution is 2.18. The molecule has 0 aromatic heterocycles. The maximum Gasteiger partial charge on any atom is 0.306 e. The Bertz CT molecular complexity index is 889. The third kappa shape index (κ3) is 39.2. The van der Waals surface area contributed by atoms with Crippen molar-refractivity contribution in [1.82, 2.24) is 5.32 Å². The Morgan fingerprint density at radius 2 is 0.893 bits per heavy atom. The largest absolute Gasteiger partial charge is 0.462 e. The molecule has 0 saturated heterocycles. The summed E-state index contributed by atoms with van der Waals surface area (Å²) in [4.78, 5) is 26.0. The standard InChI is InChI=1S/C50H95NO5/c1-4-7-10-13-16-19-22-24-25-26-28-31-34-37-40-43-50(55)56-46(41-38-35-32-29-21-18-15-12-9-6-3)44-49(54)51-47(45-52)48(53)42-39-36-33-30-27-23-20-17-14-11-8-5-2/h16,19,22,24,46-48,52-53H,4-15,17-18,20-21,23,25-45H2,1-3H3,(H,51,54)/b19-16+,24-22+. The number of rotatable bonds is 44. The average molecular weight is 790 g/mol. The van der Waals surface area contributed by atoms with E-state index in [4.69, 9.17) is 4.74 Å². The number of carbonyl (C=O) groups excluding carboxylic acids is 2. The Kier molecular flexibility index (Phi) is 43.1. The first kappa shape index (κ1) is 54.3. The molecule has 0 aliphatic rings. The van der Waals surface area contributed by atoms with Gasteiger partial charge < -0.3 is 20.3 Å². The lowest BCUT2D eigenvalue weighted by Crippen LogP contribution is -2.46. The lowest BCUT2D eigenvalue weighted by molar-refractivity contribution is -0.151. The summed E-state index contributed by atoms with van der Waals surface area (Å²) in [7, 11) is 0. The van der Waals surface area contributed by atoms with E-state index in [0.717, 1.165) is 51.4 Å². The fourth-order valence-electron chi connectivity index (χ4n) is 7.54. The van der Waals surface area contributed by atoms with Crippen molar-refractivity contribution in [3.63, 3.8) is 0 Å². The SMILES string of the molecule is CCCCC/C=C/C=C/CCCCCCCCC(=O)OC(CCCCCCCCCCCC)CC(=O)NC(CO)C(O)CCCCCCCCCCCCCC. The van der Waals surface area contributed by atoms with E-state index in [0.29, 0.717) is 19.3 Å². The van der Waals surface area contributed by atoms with Crippen LogP contribution in [0.3, 0.4) is 0 Å². The summed E-state index contributed by atoms with van der Waals surface area (Å²) in [6, 6.07) is -0.697. The molecular formula is C50H95NO5. The summed E-state index contributed by atoms with van der Waals surface area (Å²) in [6.45, 7) is 6.44. The van der Waals surface area contributed by atoms with E-state index in [1.54, 1.807) is 0 Å². The van der Waals surface area contributed by atoms with Crippen molar-refractivity contribution in [3.05, 3.63) is 24.3 Å². The number of nitrogens with one attached hydrogen (secondary N) is 1. The van der Waals surface area contributed by atoms with Crippen LogP contribution in [0.4, 0.5) is 0 Å². The highest BCUT2D eigenvalue weighted by Gasteiger charge is 2.24. The number of ether oxygens (including phenoxy) is 1. The minimum Gasteiger partial charge on any atom is -0.462 e. The molecule has 0 fully saturated rings. The van der Waals surface area contributed by atoms with E-state index in [2.05, 4.69) is 50.4 Å². The van der Waals surface area contributed by atoms with E-state index >= 15 is 0 Å². The molecule has 0 heterocycles. The summed E-state index contributed by atoms with van der Waals surface area (Å²) in [5, 5.41) is 23.7. The van der Waals surface area contributed by atoms with Crippen molar-refractivity contribution >= 4 is 11.9 Å². The number of aliphatic hydroxyl groups is 2. The molecular weight excluding hydrogens is 695 g/mol. The maximum absolute atomic E-state index is 13.1. The molecule has 6 nitrogen and oxygen atoms in total. The first-order valence-corrected chi connectivity index (χ1v) is 24.6. The van der Waals surface area contributed by atoms with Crippen LogP contribution in [0.5, 0.6) is 0 Å². The maximum atomic E-state index is 13.1. The van der Waals surface area contributed by atoms with Gasteiger partial charge in [-0.3, -0.25) is 9.59 Å². The second-order valence-electron chi connectivity index (χ2n) is 16.9. The van der Waals surface area contributed by atoms with Crippen molar-refractivity contribution < 1.29 is 24.5 Å². The molecule has 0 aromatic carbocycles. The van der Waals surface area contributed by atoms with Crippen LogP contribution in [0.2, 0.25) is 0 Å². The van der Waals surface area contributed by atoms with Gasteiger partial charge in [-0.05, 0) is 51.4 Å². The van der Waals surface area contributed by atoms with Gasteiger partial charge in [-0.1, -0.05) is 218 Å². The molecule has 0 radical (unpaired) electrons. The molecule has 3 N–H and O–H groups in total. The van der Waals surface area contributed by atoms with Crippen LogP contribution in [0.15, 0.2) is 24.3 Å².